The van der Waals surface area contributed by atoms with E-state index in [1.165, 1.54) is 0 Å². The van der Waals surface area contributed by atoms with E-state index in [0.717, 1.165) is 45.0 Å². The van der Waals surface area contributed by atoms with Crippen molar-refractivity contribution in [1.29, 1.82) is 0 Å². The number of amides is 1. The quantitative estimate of drug-likeness (QED) is 0.743. The number of ether oxygens (including phenoxy) is 1. The average molecular weight is 428 g/mol. The van der Waals surface area contributed by atoms with E-state index in [1.807, 2.05) is 0 Å². The van der Waals surface area contributed by atoms with Crippen LogP contribution in [-0.2, 0) is 28.7 Å². The molecule has 1 saturated carbocycles. The summed E-state index contributed by atoms with van der Waals surface area (Å²) < 4.78 is 58.8. The largest absolute Gasteiger partial charge is 0.416 e. The Labute approximate surface area is 173 Å². The van der Waals surface area contributed by atoms with Gasteiger partial charge in [0.1, 0.15) is 5.82 Å². The molecule has 1 aromatic rings. The van der Waals surface area contributed by atoms with Gasteiger partial charge in [0.25, 0.3) is 0 Å². The van der Waals surface area contributed by atoms with Gasteiger partial charge >= 0.3 is 6.18 Å². The zero-order chi connectivity index (χ0) is 21.5. The van der Waals surface area contributed by atoms with Crippen LogP contribution < -0.4 is 5.32 Å². The van der Waals surface area contributed by atoms with Crippen LogP contribution in [0, 0.1) is 17.7 Å². The summed E-state index contributed by atoms with van der Waals surface area (Å²) in [4.78, 5) is 14.6. The molecular formula is C22H28F4N2O2. The number of fused-ring (bicyclic) bond motifs is 1. The molecule has 2 fully saturated rings. The molecule has 4 atom stereocenters. The number of hydrogen-bond acceptors (Lipinski definition) is 3. The van der Waals surface area contributed by atoms with Crippen molar-refractivity contribution < 1.29 is 27.1 Å². The number of nitrogens with one attached hydrogen (secondary N) is 1. The predicted octanol–water partition coefficient (Wildman–Crippen LogP) is 3.91. The lowest BCUT2D eigenvalue weighted by Gasteiger charge is -2.33. The lowest BCUT2D eigenvalue weighted by molar-refractivity contribution is -0.137. The molecule has 1 N–H and O–H groups in total. The Kier molecular flexibility index (Phi) is 6.08. The van der Waals surface area contributed by atoms with Crippen LogP contribution in [0.1, 0.15) is 49.3 Å². The minimum Gasteiger partial charge on any atom is -0.381 e. The fourth-order valence-electron chi connectivity index (χ4n) is 5.04. The highest BCUT2D eigenvalue weighted by Gasteiger charge is 2.37. The average Bonchev–Trinajstić information content (AvgIpc) is 3.16. The number of halogens is 4. The third-order valence-corrected chi connectivity index (χ3v) is 6.79. The van der Waals surface area contributed by atoms with E-state index in [4.69, 9.17) is 4.74 Å². The number of nitrogens with zero attached hydrogens (tertiary/aromatic N) is 1. The molecule has 2 aliphatic heterocycles. The van der Waals surface area contributed by atoms with Crippen LogP contribution in [0.15, 0.2) is 12.1 Å². The van der Waals surface area contributed by atoms with Gasteiger partial charge < -0.3 is 15.0 Å². The molecule has 3 unspecified atom stereocenters. The van der Waals surface area contributed by atoms with Crippen molar-refractivity contribution in [3.63, 3.8) is 0 Å². The lowest BCUT2D eigenvalue weighted by Crippen LogP contribution is -2.46. The summed E-state index contributed by atoms with van der Waals surface area (Å²) in [7, 11) is 0. The second-order valence-electron chi connectivity index (χ2n) is 8.92. The number of carbonyl (C=O) groups excluding carboxylic acids is 1. The van der Waals surface area contributed by atoms with Gasteiger partial charge in [0.15, 0.2) is 0 Å². The first kappa shape index (κ1) is 21.6. The van der Waals surface area contributed by atoms with Crippen LogP contribution >= 0.6 is 0 Å². The maximum absolute atomic E-state index is 14.2. The van der Waals surface area contributed by atoms with Gasteiger partial charge in [-0.05, 0) is 61.3 Å². The number of hydrogen-bond donors (Lipinski definition) is 1. The maximum Gasteiger partial charge on any atom is 0.416 e. The molecule has 0 bridgehead atoms. The molecule has 1 aliphatic carbocycles. The van der Waals surface area contributed by atoms with Crippen LogP contribution in [0.5, 0.6) is 0 Å². The summed E-state index contributed by atoms with van der Waals surface area (Å²) in [5.41, 5.74) is -0.430. The standard InChI is InChI=1S/C22H28F4N2O2/c1-13-12-30-7-5-20(13)27-17-3-2-14(9-17)21(29)28-6-4-18-15(11-28)8-16(10-19(18)23)22(24,25)26/h8,10,13-14,17,20,27H,2-7,9,11-12H2,1H3/t13?,14-,17?,20?/m0/s1. The zero-order valence-corrected chi connectivity index (χ0v) is 17.1. The Morgan fingerprint density at radius 3 is 2.77 bits per heavy atom. The number of rotatable bonds is 3. The number of alkyl halides is 3. The molecule has 166 valence electrons. The van der Waals surface area contributed by atoms with Crippen molar-refractivity contribution >= 4 is 5.91 Å². The molecule has 3 aliphatic rings. The molecular weight excluding hydrogens is 400 g/mol. The highest BCUT2D eigenvalue weighted by molar-refractivity contribution is 5.79. The van der Waals surface area contributed by atoms with Crippen molar-refractivity contribution in [2.45, 2.75) is 63.8 Å². The van der Waals surface area contributed by atoms with E-state index < -0.39 is 17.6 Å². The molecule has 1 aromatic carbocycles. The molecule has 0 radical (unpaired) electrons. The van der Waals surface area contributed by atoms with Crippen LogP contribution in [-0.4, -0.2) is 42.6 Å². The van der Waals surface area contributed by atoms with E-state index in [1.54, 1.807) is 4.90 Å². The smallest absolute Gasteiger partial charge is 0.381 e. The van der Waals surface area contributed by atoms with Gasteiger partial charge in [-0.3, -0.25) is 4.79 Å². The van der Waals surface area contributed by atoms with Gasteiger partial charge in [-0.1, -0.05) is 6.92 Å². The Morgan fingerprint density at radius 1 is 1.23 bits per heavy atom. The van der Waals surface area contributed by atoms with Crippen LogP contribution in [0.4, 0.5) is 17.6 Å². The van der Waals surface area contributed by atoms with E-state index in [0.29, 0.717) is 30.1 Å². The summed E-state index contributed by atoms with van der Waals surface area (Å²) in [6.07, 6.45) is -0.964. The Hall–Kier alpha value is -1.67. The molecule has 30 heavy (non-hydrogen) atoms. The first-order valence-electron chi connectivity index (χ1n) is 10.7. The molecule has 4 nitrogen and oxygen atoms in total. The third kappa shape index (κ3) is 4.49. The SMILES string of the molecule is CC1COCCC1NC1CC[C@H](C(=O)N2CCc3c(F)cc(C(F)(F)F)cc3C2)C1. The van der Waals surface area contributed by atoms with Crippen molar-refractivity contribution in [1.82, 2.24) is 10.2 Å². The molecule has 4 rings (SSSR count). The monoisotopic (exact) mass is 428 g/mol. The summed E-state index contributed by atoms with van der Waals surface area (Å²) >= 11 is 0. The van der Waals surface area contributed by atoms with Gasteiger partial charge in [-0.15, -0.1) is 0 Å². The maximum atomic E-state index is 14.2. The Morgan fingerprint density at radius 2 is 2.03 bits per heavy atom. The number of carbonyl (C=O) groups is 1. The van der Waals surface area contributed by atoms with Crippen LogP contribution in [0.3, 0.4) is 0 Å². The van der Waals surface area contributed by atoms with Crippen molar-refractivity contribution in [3.8, 4) is 0 Å². The molecule has 8 heteroatoms. The van der Waals surface area contributed by atoms with Gasteiger partial charge in [0, 0.05) is 37.7 Å². The topological polar surface area (TPSA) is 41.6 Å². The third-order valence-electron chi connectivity index (χ3n) is 6.79. The van der Waals surface area contributed by atoms with Gasteiger partial charge in [-0.25, -0.2) is 4.39 Å². The van der Waals surface area contributed by atoms with E-state index in [9.17, 15) is 22.4 Å². The molecule has 1 amide bonds. The van der Waals surface area contributed by atoms with Crippen LogP contribution in [0.2, 0.25) is 0 Å². The second kappa shape index (κ2) is 8.46. The Balaban J connectivity index is 1.39. The van der Waals surface area contributed by atoms with Crippen molar-refractivity contribution in [2.24, 2.45) is 11.8 Å². The first-order valence-corrected chi connectivity index (χ1v) is 10.7. The second-order valence-corrected chi connectivity index (χ2v) is 8.92. The zero-order valence-electron chi connectivity index (χ0n) is 17.1. The van der Waals surface area contributed by atoms with Gasteiger partial charge in [-0.2, -0.15) is 13.2 Å². The summed E-state index contributed by atoms with van der Waals surface area (Å²) in [6, 6.07) is 2.21. The fourth-order valence-corrected chi connectivity index (χ4v) is 5.04. The molecule has 2 heterocycles. The predicted molar refractivity (Wildman–Crippen MR) is 103 cm³/mol. The van der Waals surface area contributed by atoms with Crippen molar-refractivity contribution in [3.05, 3.63) is 34.6 Å². The van der Waals surface area contributed by atoms with Crippen LogP contribution in [0.25, 0.3) is 0 Å². The first-order chi connectivity index (χ1) is 14.2. The number of benzene rings is 1. The minimum absolute atomic E-state index is 0.0252. The van der Waals surface area contributed by atoms with Gasteiger partial charge in [0.05, 0.1) is 12.2 Å². The lowest BCUT2D eigenvalue weighted by atomic mass is 9.94. The summed E-state index contributed by atoms with van der Waals surface area (Å²) in [6.45, 7) is 4.05. The molecule has 0 spiro atoms. The van der Waals surface area contributed by atoms with Crippen molar-refractivity contribution in [2.75, 3.05) is 19.8 Å². The molecule has 0 aromatic heterocycles. The van der Waals surface area contributed by atoms with E-state index >= 15 is 0 Å². The van der Waals surface area contributed by atoms with Gasteiger partial charge in [0.2, 0.25) is 5.91 Å². The van der Waals surface area contributed by atoms with E-state index in [-0.39, 0.29) is 36.4 Å². The minimum atomic E-state index is -4.60. The summed E-state index contributed by atoms with van der Waals surface area (Å²) in [5, 5.41) is 3.68. The summed E-state index contributed by atoms with van der Waals surface area (Å²) in [5.74, 6) is -0.551. The Bertz CT molecular complexity index is 798. The van der Waals surface area contributed by atoms with E-state index in [2.05, 4.69) is 12.2 Å². The highest BCUT2D eigenvalue weighted by Crippen LogP contribution is 2.35. The normalized spacial score (nSPS) is 29.7. The fraction of sp³-hybridized carbons (Fsp3) is 0.682. The molecule has 1 saturated heterocycles. The highest BCUT2D eigenvalue weighted by atomic mass is 19.4.